The van der Waals surface area contributed by atoms with Crippen molar-refractivity contribution < 1.29 is 4.79 Å². The first-order valence-electron chi connectivity index (χ1n) is 5.61. The van der Waals surface area contributed by atoms with Crippen LogP contribution in [0.15, 0.2) is 12.2 Å². The minimum Gasteiger partial charge on any atom is -0.395 e. The largest absolute Gasteiger partial charge is 0.395 e. The van der Waals surface area contributed by atoms with Crippen LogP contribution in [0.2, 0.25) is 0 Å². The highest BCUT2D eigenvalue weighted by Crippen LogP contribution is 2.17. The number of aryl methyl sites for hydroxylation is 2. The van der Waals surface area contributed by atoms with E-state index in [0.717, 1.165) is 5.57 Å². The summed E-state index contributed by atoms with van der Waals surface area (Å²) in [5, 5.41) is 4.15. The quantitative estimate of drug-likeness (QED) is 0.802. The average Bonchev–Trinajstić information content (AvgIpc) is 2.48. The van der Waals surface area contributed by atoms with Crippen LogP contribution in [0.1, 0.15) is 30.0 Å². The maximum absolute atomic E-state index is 12.3. The predicted molar refractivity (Wildman–Crippen MR) is 68.7 cm³/mol. The summed E-state index contributed by atoms with van der Waals surface area (Å²) in [5.41, 5.74) is 8.41. The molecule has 1 aromatic rings. The van der Waals surface area contributed by atoms with Gasteiger partial charge in [-0.25, -0.2) is 0 Å². The van der Waals surface area contributed by atoms with Gasteiger partial charge >= 0.3 is 0 Å². The first-order valence-corrected chi connectivity index (χ1v) is 5.61. The van der Waals surface area contributed by atoms with E-state index in [1.54, 1.807) is 18.9 Å². The Morgan fingerprint density at radius 1 is 1.59 bits per heavy atom. The highest BCUT2D eigenvalue weighted by molar-refractivity contribution is 5.98. The third kappa shape index (κ3) is 2.67. The Hall–Kier alpha value is -1.78. The van der Waals surface area contributed by atoms with Gasteiger partial charge in [-0.15, -0.1) is 0 Å². The van der Waals surface area contributed by atoms with Crippen LogP contribution in [-0.2, 0) is 7.05 Å². The summed E-state index contributed by atoms with van der Waals surface area (Å²) in [6.45, 7) is 10.6. The van der Waals surface area contributed by atoms with Crippen LogP contribution in [0.25, 0.3) is 0 Å². The second-order valence-corrected chi connectivity index (χ2v) is 4.25. The molecule has 0 saturated heterocycles. The lowest BCUT2D eigenvalue weighted by atomic mass is 10.2. The molecule has 94 valence electrons. The molecule has 0 fully saturated rings. The van der Waals surface area contributed by atoms with E-state index in [2.05, 4.69) is 11.7 Å². The summed E-state index contributed by atoms with van der Waals surface area (Å²) in [6.07, 6.45) is 0. The maximum Gasteiger partial charge on any atom is 0.274 e. The van der Waals surface area contributed by atoms with Crippen molar-refractivity contribution in [2.24, 2.45) is 7.05 Å². The first-order chi connectivity index (χ1) is 7.88. The third-order valence-corrected chi connectivity index (χ3v) is 2.60. The van der Waals surface area contributed by atoms with E-state index in [4.69, 9.17) is 5.73 Å². The van der Waals surface area contributed by atoms with Gasteiger partial charge in [-0.05, 0) is 20.8 Å². The van der Waals surface area contributed by atoms with Crippen LogP contribution in [0.4, 0.5) is 5.69 Å². The van der Waals surface area contributed by atoms with Crippen LogP contribution < -0.4 is 5.73 Å². The number of rotatable bonds is 4. The SMILES string of the molecule is C=C(C)CN(CC)C(=O)c1c(N)c(C)nn1C. The van der Waals surface area contributed by atoms with E-state index in [1.807, 2.05) is 13.8 Å². The van der Waals surface area contributed by atoms with Crippen molar-refractivity contribution in [1.29, 1.82) is 0 Å². The van der Waals surface area contributed by atoms with E-state index in [9.17, 15) is 4.79 Å². The molecule has 0 bridgehead atoms. The third-order valence-electron chi connectivity index (χ3n) is 2.60. The standard InChI is InChI=1S/C12H20N4O/c1-6-16(7-8(2)3)12(17)11-10(13)9(4)14-15(11)5/h2,6-7,13H2,1,3-5H3. The summed E-state index contributed by atoms with van der Waals surface area (Å²) in [6, 6.07) is 0. The molecule has 0 aliphatic rings. The molecule has 0 saturated carbocycles. The summed E-state index contributed by atoms with van der Waals surface area (Å²) >= 11 is 0. The van der Waals surface area contributed by atoms with Crippen LogP contribution in [0, 0.1) is 6.92 Å². The Balaban J connectivity index is 3.05. The number of nitrogen functional groups attached to an aromatic ring is 1. The Morgan fingerprint density at radius 3 is 2.53 bits per heavy atom. The summed E-state index contributed by atoms with van der Waals surface area (Å²) < 4.78 is 1.54. The summed E-state index contributed by atoms with van der Waals surface area (Å²) in [7, 11) is 1.73. The second kappa shape index (κ2) is 5.03. The minimum atomic E-state index is -0.101. The van der Waals surface area contributed by atoms with Gasteiger partial charge in [-0.1, -0.05) is 12.2 Å². The van der Waals surface area contributed by atoms with Gasteiger partial charge in [0.05, 0.1) is 11.4 Å². The van der Waals surface area contributed by atoms with Gasteiger partial charge in [-0.2, -0.15) is 5.10 Å². The lowest BCUT2D eigenvalue weighted by molar-refractivity contribution is 0.0768. The number of nitrogens with two attached hydrogens (primary N) is 1. The van der Waals surface area contributed by atoms with Crippen molar-refractivity contribution in [3.8, 4) is 0 Å². The van der Waals surface area contributed by atoms with Crippen molar-refractivity contribution in [3.63, 3.8) is 0 Å². The van der Waals surface area contributed by atoms with E-state index in [1.165, 1.54) is 4.68 Å². The van der Waals surface area contributed by atoms with Crippen molar-refractivity contribution in [2.45, 2.75) is 20.8 Å². The predicted octanol–water partition coefficient (Wildman–Crippen LogP) is 1.35. The molecule has 0 aromatic carbocycles. The molecule has 0 atom stereocenters. The van der Waals surface area contributed by atoms with Crippen molar-refractivity contribution in [2.75, 3.05) is 18.8 Å². The smallest absolute Gasteiger partial charge is 0.274 e. The normalized spacial score (nSPS) is 10.4. The molecule has 5 heteroatoms. The molecule has 0 spiro atoms. The number of amides is 1. The number of hydrogen-bond donors (Lipinski definition) is 1. The van der Waals surface area contributed by atoms with Gasteiger partial charge in [0.15, 0.2) is 0 Å². The molecule has 2 N–H and O–H groups in total. The van der Waals surface area contributed by atoms with Gasteiger partial charge < -0.3 is 10.6 Å². The molecule has 1 heterocycles. The molecule has 0 radical (unpaired) electrons. The maximum atomic E-state index is 12.3. The molecule has 0 aliphatic carbocycles. The molecule has 0 aliphatic heterocycles. The van der Waals surface area contributed by atoms with Crippen molar-refractivity contribution >= 4 is 11.6 Å². The number of aromatic nitrogens is 2. The summed E-state index contributed by atoms with van der Waals surface area (Å²) in [4.78, 5) is 14.0. The fourth-order valence-electron chi connectivity index (χ4n) is 1.73. The Bertz CT molecular complexity index is 448. The van der Waals surface area contributed by atoms with E-state index in [-0.39, 0.29) is 5.91 Å². The number of anilines is 1. The topological polar surface area (TPSA) is 64.2 Å². The lowest BCUT2D eigenvalue weighted by Crippen LogP contribution is -2.34. The van der Waals surface area contributed by atoms with Crippen molar-refractivity contribution in [1.82, 2.24) is 14.7 Å². The van der Waals surface area contributed by atoms with Crippen LogP contribution in [0.5, 0.6) is 0 Å². The number of nitrogens with zero attached hydrogens (tertiary/aromatic N) is 3. The molecule has 5 nitrogen and oxygen atoms in total. The number of hydrogen-bond acceptors (Lipinski definition) is 3. The zero-order valence-electron chi connectivity index (χ0n) is 10.9. The zero-order valence-corrected chi connectivity index (χ0v) is 10.9. The van der Waals surface area contributed by atoms with Crippen LogP contribution >= 0.6 is 0 Å². The minimum absolute atomic E-state index is 0.101. The molecule has 1 amide bonds. The lowest BCUT2D eigenvalue weighted by Gasteiger charge is -2.21. The summed E-state index contributed by atoms with van der Waals surface area (Å²) in [5.74, 6) is -0.101. The van der Waals surface area contributed by atoms with Gasteiger partial charge in [0.2, 0.25) is 0 Å². The fraction of sp³-hybridized carbons (Fsp3) is 0.500. The van der Waals surface area contributed by atoms with Gasteiger partial charge in [0.1, 0.15) is 5.69 Å². The highest BCUT2D eigenvalue weighted by Gasteiger charge is 2.22. The molecular formula is C12H20N4O. The van der Waals surface area contributed by atoms with Gasteiger partial charge in [0, 0.05) is 20.1 Å². The van der Waals surface area contributed by atoms with Crippen LogP contribution in [0.3, 0.4) is 0 Å². The Labute approximate surface area is 102 Å². The number of carbonyl (C=O) groups is 1. The average molecular weight is 236 g/mol. The first kappa shape index (κ1) is 13.3. The number of likely N-dealkylation sites (N-methyl/N-ethyl adjacent to an activating group) is 1. The van der Waals surface area contributed by atoms with Crippen LogP contribution in [-0.4, -0.2) is 33.7 Å². The molecule has 1 aromatic heterocycles. The number of carbonyl (C=O) groups excluding carboxylic acids is 1. The van der Waals surface area contributed by atoms with E-state index >= 15 is 0 Å². The second-order valence-electron chi connectivity index (χ2n) is 4.25. The molecule has 1 rings (SSSR count). The van der Waals surface area contributed by atoms with Crippen molar-refractivity contribution in [3.05, 3.63) is 23.5 Å². The zero-order chi connectivity index (χ0) is 13.2. The molecule has 0 unspecified atom stereocenters. The van der Waals surface area contributed by atoms with Gasteiger partial charge in [0.25, 0.3) is 5.91 Å². The van der Waals surface area contributed by atoms with E-state index in [0.29, 0.717) is 30.2 Å². The Morgan fingerprint density at radius 2 is 2.18 bits per heavy atom. The van der Waals surface area contributed by atoms with Gasteiger partial charge in [-0.3, -0.25) is 9.48 Å². The highest BCUT2D eigenvalue weighted by atomic mass is 16.2. The molecular weight excluding hydrogens is 216 g/mol. The monoisotopic (exact) mass is 236 g/mol. The Kier molecular flexibility index (Phi) is 3.93. The molecule has 17 heavy (non-hydrogen) atoms. The fourth-order valence-corrected chi connectivity index (χ4v) is 1.73. The van der Waals surface area contributed by atoms with E-state index < -0.39 is 0 Å².